The highest BCUT2D eigenvalue weighted by molar-refractivity contribution is 7.16. The summed E-state index contributed by atoms with van der Waals surface area (Å²) in [6.07, 6.45) is 0. The SMILES string of the molecule is Cc1nc(C)c(NC(=O)C(C)C2CNC2)s1. The molecule has 4 nitrogen and oxygen atoms in total. The second-order valence-electron chi connectivity index (χ2n) is 4.34. The molecule has 1 fully saturated rings. The van der Waals surface area contributed by atoms with Gasteiger partial charge in [-0.25, -0.2) is 4.98 Å². The first-order valence-electron chi connectivity index (χ1n) is 5.53. The van der Waals surface area contributed by atoms with Crippen LogP contribution < -0.4 is 10.6 Å². The summed E-state index contributed by atoms with van der Waals surface area (Å²) in [6.45, 7) is 7.77. The van der Waals surface area contributed by atoms with Crippen LogP contribution in [0.4, 0.5) is 5.00 Å². The Morgan fingerprint density at radius 2 is 2.25 bits per heavy atom. The molecule has 2 N–H and O–H groups in total. The molecule has 0 spiro atoms. The number of hydrogen-bond acceptors (Lipinski definition) is 4. The predicted molar refractivity (Wildman–Crippen MR) is 65.7 cm³/mol. The average molecular weight is 239 g/mol. The lowest BCUT2D eigenvalue weighted by molar-refractivity contribution is -0.121. The first kappa shape index (κ1) is 11.5. The van der Waals surface area contributed by atoms with Crippen molar-refractivity contribution >= 4 is 22.2 Å². The lowest BCUT2D eigenvalue weighted by Gasteiger charge is -2.31. The summed E-state index contributed by atoms with van der Waals surface area (Å²) < 4.78 is 0. The maximum atomic E-state index is 11.9. The van der Waals surface area contributed by atoms with Crippen molar-refractivity contribution in [2.75, 3.05) is 18.4 Å². The Morgan fingerprint density at radius 3 is 2.69 bits per heavy atom. The first-order chi connectivity index (χ1) is 7.58. The molecule has 1 unspecified atom stereocenters. The van der Waals surface area contributed by atoms with Crippen LogP contribution in [0.2, 0.25) is 0 Å². The molecule has 0 saturated carbocycles. The van der Waals surface area contributed by atoms with Crippen molar-refractivity contribution in [3.63, 3.8) is 0 Å². The first-order valence-corrected chi connectivity index (χ1v) is 6.35. The summed E-state index contributed by atoms with van der Waals surface area (Å²) in [6, 6.07) is 0. The van der Waals surface area contributed by atoms with Crippen molar-refractivity contribution in [3.8, 4) is 0 Å². The van der Waals surface area contributed by atoms with Crippen LogP contribution >= 0.6 is 11.3 Å². The van der Waals surface area contributed by atoms with Crippen molar-refractivity contribution < 1.29 is 4.79 Å². The zero-order valence-electron chi connectivity index (χ0n) is 9.83. The summed E-state index contributed by atoms with van der Waals surface area (Å²) >= 11 is 1.54. The molecule has 1 atom stereocenters. The maximum Gasteiger partial charge on any atom is 0.228 e. The number of nitrogens with zero attached hydrogens (tertiary/aromatic N) is 1. The third-order valence-electron chi connectivity index (χ3n) is 3.07. The minimum atomic E-state index is 0.0723. The highest BCUT2D eigenvalue weighted by atomic mass is 32.1. The number of thiazole rings is 1. The van der Waals surface area contributed by atoms with Gasteiger partial charge in [0.15, 0.2) is 0 Å². The topological polar surface area (TPSA) is 54.0 Å². The van der Waals surface area contributed by atoms with Crippen LogP contribution in [0.5, 0.6) is 0 Å². The molecular formula is C11H17N3OS. The molecule has 2 heterocycles. The molecule has 1 aromatic heterocycles. The van der Waals surface area contributed by atoms with E-state index < -0.39 is 0 Å². The largest absolute Gasteiger partial charge is 0.316 e. The molecule has 88 valence electrons. The minimum Gasteiger partial charge on any atom is -0.316 e. The number of hydrogen-bond donors (Lipinski definition) is 2. The fourth-order valence-electron chi connectivity index (χ4n) is 1.75. The summed E-state index contributed by atoms with van der Waals surface area (Å²) in [5.41, 5.74) is 0.912. The fourth-order valence-corrected chi connectivity index (χ4v) is 2.57. The van der Waals surface area contributed by atoms with Crippen LogP contribution in [-0.2, 0) is 4.79 Å². The quantitative estimate of drug-likeness (QED) is 0.841. The molecule has 16 heavy (non-hydrogen) atoms. The lowest BCUT2D eigenvalue weighted by atomic mass is 9.88. The zero-order valence-corrected chi connectivity index (χ0v) is 10.6. The van der Waals surface area contributed by atoms with Gasteiger partial charge in [0.2, 0.25) is 5.91 Å². The normalized spacial score (nSPS) is 17.9. The number of aromatic nitrogens is 1. The number of anilines is 1. The van der Waals surface area contributed by atoms with Gasteiger partial charge in [0, 0.05) is 5.92 Å². The van der Waals surface area contributed by atoms with Crippen LogP contribution in [0.1, 0.15) is 17.6 Å². The van der Waals surface area contributed by atoms with Crippen molar-refractivity contribution in [1.82, 2.24) is 10.3 Å². The molecule has 1 aliphatic heterocycles. The fraction of sp³-hybridized carbons (Fsp3) is 0.636. The van der Waals surface area contributed by atoms with Crippen LogP contribution in [-0.4, -0.2) is 24.0 Å². The highest BCUT2D eigenvalue weighted by Gasteiger charge is 2.29. The van der Waals surface area contributed by atoms with Gasteiger partial charge in [-0.15, -0.1) is 11.3 Å². The van der Waals surface area contributed by atoms with Gasteiger partial charge in [-0.1, -0.05) is 6.92 Å². The van der Waals surface area contributed by atoms with Gasteiger partial charge >= 0.3 is 0 Å². The number of carbonyl (C=O) groups excluding carboxylic acids is 1. The molecule has 1 aromatic rings. The lowest BCUT2D eigenvalue weighted by Crippen LogP contribution is -2.48. The van der Waals surface area contributed by atoms with Crippen molar-refractivity contribution in [2.24, 2.45) is 11.8 Å². The van der Waals surface area contributed by atoms with Gasteiger partial charge in [0.05, 0.1) is 10.7 Å². The van der Waals surface area contributed by atoms with Gasteiger partial charge in [-0.05, 0) is 32.9 Å². The second kappa shape index (κ2) is 4.51. The van der Waals surface area contributed by atoms with E-state index in [1.807, 2.05) is 20.8 Å². The van der Waals surface area contributed by atoms with Crippen LogP contribution in [0.25, 0.3) is 0 Å². The Kier molecular flexibility index (Phi) is 3.25. The summed E-state index contributed by atoms with van der Waals surface area (Å²) in [7, 11) is 0. The van der Waals surface area contributed by atoms with E-state index in [0.717, 1.165) is 28.8 Å². The Morgan fingerprint density at radius 1 is 1.56 bits per heavy atom. The van der Waals surface area contributed by atoms with Gasteiger partial charge in [0.1, 0.15) is 5.00 Å². The third kappa shape index (κ3) is 2.25. The molecule has 2 rings (SSSR count). The monoisotopic (exact) mass is 239 g/mol. The molecule has 5 heteroatoms. The molecule has 0 bridgehead atoms. The Balaban J connectivity index is 1.98. The Bertz CT molecular complexity index is 398. The van der Waals surface area contributed by atoms with Crippen LogP contribution in [0, 0.1) is 25.7 Å². The van der Waals surface area contributed by atoms with E-state index in [1.54, 1.807) is 0 Å². The number of aryl methyl sites for hydroxylation is 2. The van der Waals surface area contributed by atoms with Gasteiger partial charge in [-0.3, -0.25) is 4.79 Å². The summed E-state index contributed by atoms with van der Waals surface area (Å²) in [5.74, 6) is 0.663. The molecule has 0 aliphatic carbocycles. The van der Waals surface area contributed by atoms with Gasteiger partial charge in [-0.2, -0.15) is 0 Å². The standard InChI is InChI=1S/C11H17N3OS/c1-6(9-4-12-5-9)10(15)14-11-7(2)13-8(3)16-11/h6,9,12H,4-5H2,1-3H3,(H,14,15). The van der Waals surface area contributed by atoms with Gasteiger partial charge in [0.25, 0.3) is 0 Å². The maximum absolute atomic E-state index is 11.9. The van der Waals surface area contributed by atoms with E-state index in [4.69, 9.17) is 0 Å². The average Bonchev–Trinajstić information content (AvgIpc) is 2.42. The van der Waals surface area contributed by atoms with Crippen molar-refractivity contribution in [2.45, 2.75) is 20.8 Å². The number of rotatable bonds is 3. The number of amides is 1. The smallest absolute Gasteiger partial charge is 0.228 e. The highest BCUT2D eigenvalue weighted by Crippen LogP contribution is 2.25. The van der Waals surface area contributed by atoms with E-state index in [-0.39, 0.29) is 11.8 Å². The molecule has 1 aliphatic rings. The van der Waals surface area contributed by atoms with E-state index in [0.29, 0.717) is 5.92 Å². The Labute approximate surface area is 99.5 Å². The summed E-state index contributed by atoms with van der Waals surface area (Å²) in [5, 5.41) is 8.04. The van der Waals surface area contributed by atoms with Crippen LogP contribution in [0.3, 0.4) is 0 Å². The summed E-state index contributed by atoms with van der Waals surface area (Å²) in [4.78, 5) is 16.2. The van der Waals surface area contributed by atoms with Crippen molar-refractivity contribution in [3.05, 3.63) is 10.7 Å². The molecule has 1 saturated heterocycles. The zero-order chi connectivity index (χ0) is 11.7. The van der Waals surface area contributed by atoms with E-state index in [1.165, 1.54) is 11.3 Å². The molecule has 0 aromatic carbocycles. The van der Waals surface area contributed by atoms with E-state index >= 15 is 0 Å². The minimum absolute atomic E-state index is 0.0723. The van der Waals surface area contributed by atoms with Gasteiger partial charge < -0.3 is 10.6 Å². The van der Waals surface area contributed by atoms with Crippen molar-refractivity contribution in [1.29, 1.82) is 0 Å². The van der Waals surface area contributed by atoms with Crippen LogP contribution in [0.15, 0.2) is 0 Å². The third-order valence-corrected chi connectivity index (χ3v) is 4.06. The number of nitrogens with one attached hydrogen (secondary N) is 2. The van der Waals surface area contributed by atoms with E-state index in [9.17, 15) is 4.79 Å². The Hall–Kier alpha value is -0.940. The molecule has 0 radical (unpaired) electrons. The second-order valence-corrected chi connectivity index (χ2v) is 5.55. The molecular weight excluding hydrogens is 222 g/mol. The predicted octanol–water partition coefficient (Wildman–Crippen LogP) is 1.55. The number of carbonyl (C=O) groups is 1. The van der Waals surface area contributed by atoms with E-state index in [2.05, 4.69) is 15.6 Å². The molecule has 1 amide bonds.